The SMILES string of the molecule is C[C@H](CF)OC(=O)N1Cc2cc(Cl)ccc2-n2c(nnc2C2CC3(C2)CN(c2ccccn2)C3)C1. The minimum Gasteiger partial charge on any atom is -0.444 e. The van der Waals surface area contributed by atoms with Gasteiger partial charge in [0.1, 0.15) is 24.4 Å². The number of pyridine rings is 1. The minimum atomic E-state index is -0.808. The van der Waals surface area contributed by atoms with Crippen molar-refractivity contribution in [1.29, 1.82) is 0 Å². The third-order valence-corrected chi connectivity index (χ3v) is 7.49. The van der Waals surface area contributed by atoms with Crippen LogP contribution < -0.4 is 4.90 Å². The highest BCUT2D eigenvalue weighted by Gasteiger charge is 2.54. The Labute approximate surface area is 207 Å². The second kappa shape index (κ2) is 8.48. The first-order valence-electron chi connectivity index (χ1n) is 11.9. The van der Waals surface area contributed by atoms with E-state index in [1.165, 1.54) is 11.8 Å². The Bertz CT molecular complexity index is 1250. The average Bonchev–Trinajstić information content (AvgIpc) is 3.12. The molecule has 0 N–H and O–H groups in total. The maximum atomic E-state index is 12.9. The summed E-state index contributed by atoms with van der Waals surface area (Å²) in [6.07, 6.45) is 2.52. The van der Waals surface area contributed by atoms with E-state index in [0.717, 1.165) is 48.8 Å². The van der Waals surface area contributed by atoms with Crippen molar-refractivity contribution in [3.63, 3.8) is 0 Å². The van der Waals surface area contributed by atoms with Crippen LogP contribution in [0.4, 0.5) is 15.0 Å². The summed E-state index contributed by atoms with van der Waals surface area (Å²) in [5, 5.41) is 9.62. The van der Waals surface area contributed by atoms with E-state index in [2.05, 4.69) is 30.7 Å². The van der Waals surface area contributed by atoms with Gasteiger partial charge in [-0.2, -0.15) is 0 Å². The van der Waals surface area contributed by atoms with E-state index in [1.807, 2.05) is 36.5 Å². The number of nitrogens with zero attached hydrogens (tertiary/aromatic N) is 6. The molecule has 1 saturated carbocycles. The molecule has 2 aromatic heterocycles. The lowest BCUT2D eigenvalue weighted by molar-refractivity contribution is 0.0546. The minimum absolute atomic E-state index is 0.225. The summed E-state index contributed by atoms with van der Waals surface area (Å²) in [4.78, 5) is 21.1. The summed E-state index contributed by atoms with van der Waals surface area (Å²) in [6.45, 7) is 3.32. The Morgan fingerprint density at radius 1 is 1.23 bits per heavy atom. The number of hydrogen-bond acceptors (Lipinski definition) is 6. The van der Waals surface area contributed by atoms with Crippen molar-refractivity contribution in [2.75, 3.05) is 24.7 Å². The molecular formula is C25H26ClFN6O2. The van der Waals surface area contributed by atoms with E-state index in [4.69, 9.17) is 16.3 Å². The fraction of sp³-hybridized carbons (Fsp3) is 0.440. The van der Waals surface area contributed by atoms with Crippen LogP contribution >= 0.6 is 11.6 Å². The molecule has 182 valence electrons. The lowest BCUT2D eigenvalue weighted by Crippen LogP contribution is -2.62. The van der Waals surface area contributed by atoms with Gasteiger partial charge in [0.15, 0.2) is 5.82 Å². The van der Waals surface area contributed by atoms with Crippen LogP contribution in [0.15, 0.2) is 42.6 Å². The maximum Gasteiger partial charge on any atom is 0.410 e. The number of alkyl halides is 1. The number of aromatic nitrogens is 4. The van der Waals surface area contributed by atoms with Crippen LogP contribution in [-0.4, -0.2) is 56.6 Å². The predicted octanol–water partition coefficient (Wildman–Crippen LogP) is 4.51. The van der Waals surface area contributed by atoms with Gasteiger partial charge in [-0.1, -0.05) is 17.7 Å². The molecule has 0 radical (unpaired) electrons. The third-order valence-electron chi connectivity index (χ3n) is 7.26. The van der Waals surface area contributed by atoms with Crippen molar-refractivity contribution < 1.29 is 13.9 Å². The van der Waals surface area contributed by atoms with E-state index >= 15 is 0 Å². The van der Waals surface area contributed by atoms with E-state index in [1.54, 1.807) is 0 Å². The van der Waals surface area contributed by atoms with Crippen LogP contribution in [0.5, 0.6) is 0 Å². The molecule has 0 bridgehead atoms. The Kier molecular flexibility index (Phi) is 5.40. The number of rotatable bonds is 4. The van der Waals surface area contributed by atoms with Gasteiger partial charge in [-0.25, -0.2) is 14.2 Å². The van der Waals surface area contributed by atoms with E-state index in [0.29, 0.717) is 22.8 Å². The molecule has 3 aliphatic rings. The molecule has 10 heteroatoms. The summed E-state index contributed by atoms with van der Waals surface area (Å²) >= 11 is 6.30. The molecule has 0 unspecified atom stereocenters. The number of benzene rings is 1. The standard InChI is InChI=1S/C25H26ClFN6O2/c1-16(11-27)35-24(34)31-12-17-8-19(26)5-6-20(17)33-22(13-31)29-30-23(33)18-9-25(10-18)14-32(15-25)21-4-2-3-7-28-21/h2-8,16,18H,9-15H2,1H3/t16-/m1/s1. The molecule has 2 aliphatic heterocycles. The first-order chi connectivity index (χ1) is 16.9. The van der Waals surface area contributed by atoms with Crippen LogP contribution in [0.25, 0.3) is 5.69 Å². The number of anilines is 1. The van der Waals surface area contributed by atoms with E-state index < -0.39 is 18.9 Å². The third kappa shape index (κ3) is 3.91. The number of halogens is 2. The zero-order valence-corrected chi connectivity index (χ0v) is 20.2. The van der Waals surface area contributed by atoms with Gasteiger partial charge in [0.25, 0.3) is 0 Å². The highest BCUT2D eigenvalue weighted by Crippen LogP contribution is 2.56. The lowest BCUT2D eigenvalue weighted by Gasteiger charge is -2.59. The van der Waals surface area contributed by atoms with Gasteiger partial charge in [-0.15, -0.1) is 10.2 Å². The smallest absolute Gasteiger partial charge is 0.410 e. The molecule has 3 aromatic rings. The Morgan fingerprint density at radius 2 is 2.06 bits per heavy atom. The molecule has 1 atom stereocenters. The first-order valence-corrected chi connectivity index (χ1v) is 12.2. The van der Waals surface area contributed by atoms with Crippen molar-refractivity contribution >= 4 is 23.5 Å². The number of carbonyl (C=O) groups excluding carboxylic acids is 1. The van der Waals surface area contributed by atoms with Gasteiger partial charge in [-0.05, 0) is 55.7 Å². The zero-order valence-electron chi connectivity index (χ0n) is 19.4. The van der Waals surface area contributed by atoms with Gasteiger partial charge in [0.05, 0.1) is 18.8 Å². The van der Waals surface area contributed by atoms with Crippen LogP contribution in [0.2, 0.25) is 5.02 Å². The summed E-state index contributed by atoms with van der Waals surface area (Å²) in [6, 6.07) is 11.6. The Hall–Kier alpha value is -3.20. The van der Waals surface area contributed by atoms with Crippen molar-refractivity contribution in [1.82, 2.24) is 24.6 Å². The van der Waals surface area contributed by atoms with Crippen molar-refractivity contribution in [2.45, 2.75) is 44.9 Å². The second-order valence-corrected chi connectivity index (χ2v) is 10.4. The van der Waals surface area contributed by atoms with Crippen LogP contribution in [0.1, 0.15) is 42.9 Å². The number of amides is 1. The number of fused-ring (bicyclic) bond motifs is 3. The number of hydrogen-bond donors (Lipinski definition) is 0. The molecule has 1 aliphatic carbocycles. The van der Waals surface area contributed by atoms with Crippen LogP contribution in [0, 0.1) is 5.41 Å². The lowest BCUT2D eigenvalue weighted by atomic mass is 9.57. The molecule has 1 spiro atoms. The zero-order chi connectivity index (χ0) is 24.2. The van der Waals surface area contributed by atoms with Gasteiger partial charge < -0.3 is 9.64 Å². The topological polar surface area (TPSA) is 76.4 Å². The maximum absolute atomic E-state index is 12.9. The highest BCUT2D eigenvalue weighted by atomic mass is 35.5. The fourth-order valence-corrected chi connectivity index (χ4v) is 5.79. The fourth-order valence-electron chi connectivity index (χ4n) is 5.59. The van der Waals surface area contributed by atoms with Crippen LogP contribution in [-0.2, 0) is 17.8 Å². The normalized spacial score (nSPS) is 19.3. The molecule has 1 saturated heterocycles. The second-order valence-electron chi connectivity index (χ2n) is 9.94. The average molecular weight is 497 g/mol. The van der Waals surface area contributed by atoms with Gasteiger partial charge in [-0.3, -0.25) is 9.47 Å². The van der Waals surface area contributed by atoms with E-state index in [9.17, 15) is 9.18 Å². The van der Waals surface area contributed by atoms with Crippen molar-refractivity contribution in [3.05, 3.63) is 64.8 Å². The summed E-state index contributed by atoms with van der Waals surface area (Å²) < 4.78 is 20.3. The summed E-state index contributed by atoms with van der Waals surface area (Å²) in [5.41, 5.74) is 2.09. The van der Waals surface area contributed by atoms with E-state index in [-0.39, 0.29) is 12.5 Å². The molecule has 6 rings (SSSR count). The molecular weight excluding hydrogens is 471 g/mol. The van der Waals surface area contributed by atoms with Gasteiger partial charge >= 0.3 is 6.09 Å². The predicted molar refractivity (Wildman–Crippen MR) is 128 cm³/mol. The van der Waals surface area contributed by atoms with Crippen LogP contribution in [0.3, 0.4) is 0 Å². The highest BCUT2D eigenvalue weighted by molar-refractivity contribution is 6.30. The van der Waals surface area contributed by atoms with Gasteiger partial charge in [0, 0.05) is 35.6 Å². The monoisotopic (exact) mass is 496 g/mol. The van der Waals surface area contributed by atoms with Gasteiger partial charge in [0.2, 0.25) is 0 Å². The molecule has 1 amide bonds. The Balaban J connectivity index is 1.24. The molecule has 2 fully saturated rings. The molecule has 1 aromatic carbocycles. The largest absolute Gasteiger partial charge is 0.444 e. The number of carbonyl (C=O) groups is 1. The first kappa shape index (κ1) is 22.3. The van der Waals surface area contributed by atoms with Crippen molar-refractivity contribution in [3.8, 4) is 5.69 Å². The van der Waals surface area contributed by atoms with Crippen molar-refractivity contribution in [2.24, 2.45) is 5.41 Å². The quantitative estimate of drug-likeness (QED) is 0.529. The summed E-state index contributed by atoms with van der Waals surface area (Å²) in [7, 11) is 0. The Morgan fingerprint density at radius 3 is 2.80 bits per heavy atom. The molecule has 35 heavy (non-hydrogen) atoms. The molecule has 8 nitrogen and oxygen atoms in total. The summed E-state index contributed by atoms with van der Waals surface area (Å²) in [5.74, 6) is 2.89. The number of ether oxygens (including phenoxy) is 1. The molecule has 4 heterocycles.